The number of amides is 1. The summed E-state index contributed by atoms with van der Waals surface area (Å²) in [5.74, 6) is 0.0331. The first-order valence-electron chi connectivity index (χ1n) is 10.3. The van der Waals surface area contributed by atoms with Crippen molar-refractivity contribution in [2.45, 2.75) is 19.4 Å². The molecule has 0 saturated carbocycles. The fourth-order valence-electron chi connectivity index (χ4n) is 4.06. The number of hydrogen-bond acceptors (Lipinski definition) is 4. The second-order valence-electron chi connectivity index (χ2n) is 7.60. The Labute approximate surface area is 177 Å². The van der Waals surface area contributed by atoms with Crippen molar-refractivity contribution in [2.75, 3.05) is 39.3 Å². The SMILES string of the molecule is CCN1CCN(CC(=O)N2N=C(c3ccccc3)C[C@@H]2c2ccccc2Cl)CC1. The maximum absolute atomic E-state index is 13.3. The van der Waals surface area contributed by atoms with E-state index in [9.17, 15) is 4.79 Å². The van der Waals surface area contributed by atoms with Gasteiger partial charge in [-0.15, -0.1) is 0 Å². The number of hydrogen-bond donors (Lipinski definition) is 0. The number of likely N-dealkylation sites (N-methyl/N-ethyl adjacent to an activating group) is 1. The molecule has 4 rings (SSSR count). The fourth-order valence-corrected chi connectivity index (χ4v) is 4.32. The van der Waals surface area contributed by atoms with Crippen LogP contribution in [0.1, 0.15) is 30.5 Å². The van der Waals surface area contributed by atoms with Crippen molar-refractivity contribution < 1.29 is 4.79 Å². The van der Waals surface area contributed by atoms with Gasteiger partial charge >= 0.3 is 0 Å². The molecule has 2 aliphatic heterocycles. The number of carbonyl (C=O) groups excluding carboxylic acids is 1. The Morgan fingerprint density at radius 1 is 1.00 bits per heavy atom. The highest BCUT2D eigenvalue weighted by Gasteiger charge is 2.35. The van der Waals surface area contributed by atoms with Gasteiger partial charge in [-0.25, -0.2) is 5.01 Å². The summed E-state index contributed by atoms with van der Waals surface area (Å²) in [6.45, 7) is 7.49. The van der Waals surface area contributed by atoms with Crippen molar-refractivity contribution in [3.05, 3.63) is 70.7 Å². The zero-order valence-corrected chi connectivity index (χ0v) is 17.6. The lowest BCUT2D eigenvalue weighted by Gasteiger charge is -2.34. The summed E-state index contributed by atoms with van der Waals surface area (Å²) in [6, 6.07) is 17.7. The van der Waals surface area contributed by atoms with E-state index in [1.807, 2.05) is 54.6 Å². The van der Waals surface area contributed by atoms with Crippen molar-refractivity contribution in [3.63, 3.8) is 0 Å². The van der Waals surface area contributed by atoms with Crippen LogP contribution in [0.5, 0.6) is 0 Å². The Bertz CT molecular complexity index is 877. The molecule has 1 fully saturated rings. The summed E-state index contributed by atoms with van der Waals surface area (Å²) < 4.78 is 0. The first-order chi connectivity index (χ1) is 14.2. The summed E-state index contributed by atoms with van der Waals surface area (Å²) in [5, 5.41) is 7.10. The number of carbonyl (C=O) groups is 1. The zero-order valence-electron chi connectivity index (χ0n) is 16.8. The van der Waals surface area contributed by atoms with Crippen LogP contribution in [0.25, 0.3) is 0 Å². The smallest absolute Gasteiger partial charge is 0.257 e. The maximum Gasteiger partial charge on any atom is 0.257 e. The van der Waals surface area contributed by atoms with E-state index >= 15 is 0 Å². The third kappa shape index (κ3) is 4.53. The molecule has 0 spiro atoms. The van der Waals surface area contributed by atoms with Crippen LogP contribution in [-0.4, -0.2) is 65.7 Å². The predicted octanol–water partition coefficient (Wildman–Crippen LogP) is 3.66. The molecule has 0 aliphatic carbocycles. The summed E-state index contributed by atoms with van der Waals surface area (Å²) in [5.41, 5.74) is 2.93. The number of benzene rings is 2. The van der Waals surface area contributed by atoms with E-state index in [1.54, 1.807) is 5.01 Å². The molecule has 2 aromatic carbocycles. The van der Waals surface area contributed by atoms with Crippen LogP contribution in [0.4, 0.5) is 0 Å². The van der Waals surface area contributed by atoms with E-state index in [0.717, 1.165) is 49.6 Å². The molecule has 2 aliphatic rings. The molecule has 152 valence electrons. The lowest BCUT2D eigenvalue weighted by Crippen LogP contribution is -2.49. The van der Waals surface area contributed by atoms with Crippen molar-refractivity contribution in [2.24, 2.45) is 5.10 Å². The van der Waals surface area contributed by atoms with Crippen molar-refractivity contribution in [1.82, 2.24) is 14.8 Å². The molecule has 0 N–H and O–H groups in total. The number of nitrogens with zero attached hydrogens (tertiary/aromatic N) is 4. The van der Waals surface area contributed by atoms with Gasteiger partial charge in [0.2, 0.25) is 0 Å². The molecular weight excluding hydrogens is 384 g/mol. The van der Waals surface area contributed by atoms with Gasteiger partial charge in [0.1, 0.15) is 0 Å². The lowest BCUT2D eigenvalue weighted by atomic mass is 9.98. The summed E-state index contributed by atoms with van der Waals surface area (Å²) in [7, 11) is 0. The molecule has 29 heavy (non-hydrogen) atoms. The molecular formula is C23H27ClN4O. The van der Waals surface area contributed by atoms with Crippen LogP contribution in [0.2, 0.25) is 5.02 Å². The van der Waals surface area contributed by atoms with Gasteiger partial charge in [0, 0.05) is 37.6 Å². The molecule has 0 bridgehead atoms. The summed E-state index contributed by atoms with van der Waals surface area (Å²) in [6.07, 6.45) is 0.670. The topological polar surface area (TPSA) is 39.1 Å². The maximum atomic E-state index is 13.3. The van der Waals surface area contributed by atoms with E-state index < -0.39 is 0 Å². The number of rotatable bonds is 5. The van der Waals surface area contributed by atoms with Crippen LogP contribution >= 0.6 is 11.6 Å². The highest BCUT2D eigenvalue weighted by molar-refractivity contribution is 6.31. The van der Waals surface area contributed by atoms with E-state index in [2.05, 4.69) is 16.7 Å². The summed E-state index contributed by atoms with van der Waals surface area (Å²) >= 11 is 6.49. The molecule has 2 aromatic rings. The molecule has 5 nitrogen and oxygen atoms in total. The van der Waals surface area contributed by atoms with Gasteiger partial charge in [-0.1, -0.05) is 67.1 Å². The van der Waals surface area contributed by atoms with Crippen LogP contribution < -0.4 is 0 Å². The van der Waals surface area contributed by atoms with E-state index in [4.69, 9.17) is 16.7 Å². The highest BCUT2D eigenvalue weighted by atomic mass is 35.5. The molecule has 0 aromatic heterocycles. The first kappa shape index (κ1) is 20.1. The van der Waals surface area contributed by atoms with Gasteiger partial charge in [-0.3, -0.25) is 9.69 Å². The average Bonchev–Trinajstić information content (AvgIpc) is 3.21. The number of halogens is 1. The molecule has 0 unspecified atom stereocenters. The van der Waals surface area contributed by atoms with Gasteiger partial charge < -0.3 is 4.90 Å². The van der Waals surface area contributed by atoms with Crippen LogP contribution in [-0.2, 0) is 4.79 Å². The minimum Gasteiger partial charge on any atom is -0.301 e. The Kier molecular flexibility index (Phi) is 6.28. The molecule has 2 heterocycles. The molecule has 1 saturated heterocycles. The first-order valence-corrected chi connectivity index (χ1v) is 10.7. The fraction of sp³-hybridized carbons (Fsp3) is 0.391. The largest absolute Gasteiger partial charge is 0.301 e. The van der Waals surface area contributed by atoms with Gasteiger partial charge in [0.15, 0.2) is 0 Å². The monoisotopic (exact) mass is 410 g/mol. The van der Waals surface area contributed by atoms with E-state index in [1.165, 1.54) is 0 Å². The van der Waals surface area contributed by atoms with Crippen LogP contribution in [0.15, 0.2) is 59.7 Å². The predicted molar refractivity (Wildman–Crippen MR) is 117 cm³/mol. The quantitative estimate of drug-likeness (QED) is 0.755. The second kappa shape index (κ2) is 9.08. The van der Waals surface area contributed by atoms with Gasteiger partial charge in [-0.05, 0) is 23.7 Å². The standard InChI is InChI=1S/C23H27ClN4O/c1-2-26-12-14-27(15-13-26)17-23(29)28-22(19-10-6-7-11-20(19)24)16-21(25-28)18-8-4-3-5-9-18/h3-11,22H,2,12-17H2,1H3/t22-/m1/s1. The highest BCUT2D eigenvalue weighted by Crippen LogP contribution is 2.36. The Morgan fingerprint density at radius 2 is 1.66 bits per heavy atom. The third-order valence-corrected chi connectivity index (χ3v) is 6.15. The van der Waals surface area contributed by atoms with Gasteiger partial charge in [-0.2, -0.15) is 5.10 Å². The Balaban J connectivity index is 1.55. The number of piperazine rings is 1. The zero-order chi connectivity index (χ0) is 20.2. The molecule has 1 atom stereocenters. The number of hydrazone groups is 1. The van der Waals surface area contributed by atoms with Crippen molar-refractivity contribution in [1.29, 1.82) is 0 Å². The summed E-state index contributed by atoms with van der Waals surface area (Å²) in [4.78, 5) is 17.9. The normalized spacial score (nSPS) is 20.7. The average molecular weight is 411 g/mol. The minimum atomic E-state index is -0.164. The van der Waals surface area contributed by atoms with Crippen LogP contribution in [0, 0.1) is 0 Å². The van der Waals surface area contributed by atoms with E-state index in [0.29, 0.717) is 18.0 Å². The van der Waals surface area contributed by atoms with Crippen LogP contribution in [0.3, 0.4) is 0 Å². The Hall–Kier alpha value is -2.21. The third-order valence-electron chi connectivity index (χ3n) is 5.81. The Morgan fingerprint density at radius 3 is 2.34 bits per heavy atom. The van der Waals surface area contributed by atoms with Gasteiger partial charge in [0.05, 0.1) is 18.3 Å². The minimum absolute atomic E-state index is 0.0331. The van der Waals surface area contributed by atoms with Gasteiger partial charge in [0.25, 0.3) is 5.91 Å². The van der Waals surface area contributed by atoms with Crippen molar-refractivity contribution in [3.8, 4) is 0 Å². The molecule has 0 radical (unpaired) electrons. The second-order valence-corrected chi connectivity index (χ2v) is 8.01. The van der Waals surface area contributed by atoms with Crippen molar-refractivity contribution >= 4 is 23.2 Å². The molecule has 6 heteroatoms. The molecule has 1 amide bonds. The lowest BCUT2D eigenvalue weighted by molar-refractivity contribution is -0.134. The van der Waals surface area contributed by atoms with E-state index in [-0.39, 0.29) is 11.9 Å².